The van der Waals surface area contributed by atoms with Crippen molar-refractivity contribution in [3.05, 3.63) is 48.5 Å². The predicted molar refractivity (Wildman–Crippen MR) is 107 cm³/mol. The van der Waals surface area contributed by atoms with Gasteiger partial charge in [-0.05, 0) is 55.5 Å². The van der Waals surface area contributed by atoms with Gasteiger partial charge in [-0.25, -0.2) is 8.42 Å². The lowest BCUT2D eigenvalue weighted by Gasteiger charge is -2.24. The molecule has 0 aliphatic carbocycles. The first-order valence-electron chi connectivity index (χ1n) is 8.59. The third kappa shape index (κ3) is 5.23. The molecule has 2 aromatic rings. The molecule has 2 aromatic carbocycles. The van der Waals surface area contributed by atoms with Crippen molar-refractivity contribution in [2.24, 2.45) is 0 Å². The normalized spacial score (nSPS) is 10.8. The van der Waals surface area contributed by atoms with Crippen molar-refractivity contribution < 1.29 is 22.7 Å². The van der Waals surface area contributed by atoms with Crippen LogP contribution in [0.25, 0.3) is 0 Å². The maximum Gasteiger partial charge on any atom is 0.264 e. The van der Waals surface area contributed by atoms with Crippen molar-refractivity contribution in [2.45, 2.75) is 18.7 Å². The van der Waals surface area contributed by atoms with Gasteiger partial charge in [0.25, 0.3) is 10.0 Å². The molecule has 0 atom stereocenters. The Balaban J connectivity index is 2.41. The Morgan fingerprint density at radius 1 is 1.04 bits per heavy atom. The second kappa shape index (κ2) is 9.23. The van der Waals surface area contributed by atoms with E-state index in [1.165, 1.54) is 38.3 Å². The van der Waals surface area contributed by atoms with E-state index in [0.717, 1.165) is 4.31 Å². The maximum atomic E-state index is 13.2. The number of carbonyl (C=O) groups is 2. The number of methoxy groups -OCH3 is 1. The van der Waals surface area contributed by atoms with Crippen LogP contribution in [0.5, 0.6) is 5.75 Å². The second-order valence-electron chi connectivity index (χ2n) is 5.87. The van der Waals surface area contributed by atoms with E-state index < -0.39 is 15.9 Å². The van der Waals surface area contributed by atoms with E-state index in [9.17, 15) is 18.0 Å². The molecule has 2 amide bonds. The van der Waals surface area contributed by atoms with Gasteiger partial charge in [0.05, 0.1) is 17.7 Å². The number of hydrogen-bond donors (Lipinski definition) is 2. The standard InChI is InChI=1S/C19H23N3O5S/c1-4-20-19(24)13-22(16-7-9-17(27-3)10-8-16)28(25,26)18-11-5-15(6-12-18)21-14(2)23/h5-12H,4,13H2,1-3H3,(H,20,24)(H,21,23). The lowest BCUT2D eigenvalue weighted by Crippen LogP contribution is -2.40. The molecule has 0 aliphatic heterocycles. The van der Waals surface area contributed by atoms with Crippen LogP contribution in [0, 0.1) is 0 Å². The van der Waals surface area contributed by atoms with Crippen LogP contribution in [0.3, 0.4) is 0 Å². The zero-order valence-electron chi connectivity index (χ0n) is 15.9. The largest absolute Gasteiger partial charge is 0.497 e. The molecule has 150 valence electrons. The molecule has 0 saturated carbocycles. The molecule has 2 rings (SSSR count). The SMILES string of the molecule is CCNC(=O)CN(c1ccc(OC)cc1)S(=O)(=O)c1ccc(NC(C)=O)cc1. The summed E-state index contributed by atoms with van der Waals surface area (Å²) in [6.07, 6.45) is 0. The fourth-order valence-corrected chi connectivity index (χ4v) is 3.91. The average molecular weight is 405 g/mol. The van der Waals surface area contributed by atoms with Crippen LogP contribution in [0.4, 0.5) is 11.4 Å². The zero-order chi connectivity index (χ0) is 20.7. The Morgan fingerprint density at radius 2 is 1.64 bits per heavy atom. The van der Waals surface area contributed by atoms with Crippen molar-refractivity contribution in [1.29, 1.82) is 0 Å². The molecule has 0 spiro atoms. The minimum Gasteiger partial charge on any atom is -0.497 e. The first-order chi connectivity index (χ1) is 13.3. The van der Waals surface area contributed by atoms with Crippen molar-refractivity contribution >= 4 is 33.2 Å². The number of nitrogens with zero attached hydrogens (tertiary/aromatic N) is 1. The topological polar surface area (TPSA) is 105 Å². The molecule has 28 heavy (non-hydrogen) atoms. The first-order valence-corrected chi connectivity index (χ1v) is 10.0. The van der Waals surface area contributed by atoms with Crippen LogP contribution >= 0.6 is 0 Å². The number of benzene rings is 2. The molecule has 0 saturated heterocycles. The smallest absolute Gasteiger partial charge is 0.264 e. The van der Waals surface area contributed by atoms with Crippen molar-refractivity contribution in [2.75, 3.05) is 29.8 Å². The van der Waals surface area contributed by atoms with Crippen LogP contribution in [0.2, 0.25) is 0 Å². The molecule has 0 bridgehead atoms. The molecular weight excluding hydrogens is 382 g/mol. The van der Waals surface area contributed by atoms with Crippen molar-refractivity contribution in [3.8, 4) is 5.75 Å². The lowest BCUT2D eigenvalue weighted by atomic mass is 10.3. The van der Waals surface area contributed by atoms with Gasteiger partial charge in [-0.2, -0.15) is 0 Å². The molecular formula is C19H23N3O5S. The predicted octanol–water partition coefficient (Wildman–Crippen LogP) is 1.98. The maximum absolute atomic E-state index is 13.2. The number of ether oxygens (including phenoxy) is 1. The van der Waals surface area contributed by atoms with Gasteiger partial charge in [0.1, 0.15) is 12.3 Å². The van der Waals surface area contributed by atoms with E-state index in [1.54, 1.807) is 31.2 Å². The number of rotatable bonds is 8. The fourth-order valence-electron chi connectivity index (χ4n) is 2.49. The van der Waals surface area contributed by atoms with Crippen LogP contribution < -0.4 is 19.7 Å². The van der Waals surface area contributed by atoms with Crippen LogP contribution in [0.15, 0.2) is 53.4 Å². The fraction of sp³-hybridized carbons (Fsp3) is 0.263. The molecule has 2 N–H and O–H groups in total. The summed E-state index contributed by atoms with van der Waals surface area (Å²) in [7, 11) is -2.50. The molecule has 0 aliphatic rings. The minimum absolute atomic E-state index is 0.00159. The molecule has 8 nitrogen and oxygen atoms in total. The summed E-state index contributed by atoms with van der Waals surface area (Å²) in [6, 6.07) is 12.1. The van der Waals surface area contributed by atoms with Gasteiger partial charge in [-0.1, -0.05) is 0 Å². The van der Waals surface area contributed by atoms with E-state index in [-0.39, 0.29) is 17.3 Å². The highest BCUT2D eigenvalue weighted by atomic mass is 32.2. The Labute approximate surface area is 164 Å². The van der Waals surface area contributed by atoms with E-state index in [1.807, 2.05) is 0 Å². The van der Waals surface area contributed by atoms with Crippen LogP contribution in [-0.2, 0) is 19.6 Å². The van der Waals surface area contributed by atoms with Crippen LogP contribution in [-0.4, -0.2) is 40.4 Å². The number of anilines is 2. The van der Waals surface area contributed by atoms with Crippen molar-refractivity contribution in [3.63, 3.8) is 0 Å². The highest BCUT2D eigenvalue weighted by Gasteiger charge is 2.27. The number of likely N-dealkylation sites (N-methyl/N-ethyl adjacent to an activating group) is 1. The highest BCUT2D eigenvalue weighted by Crippen LogP contribution is 2.26. The summed E-state index contributed by atoms with van der Waals surface area (Å²) >= 11 is 0. The minimum atomic E-state index is -4.01. The summed E-state index contributed by atoms with van der Waals surface area (Å²) in [6.45, 7) is 3.14. The van der Waals surface area contributed by atoms with E-state index in [2.05, 4.69) is 10.6 Å². The third-order valence-electron chi connectivity index (χ3n) is 3.78. The number of nitrogens with one attached hydrogen (secondary N) is 2. The second-order valence-corrected chi connectivity index (χ2v) is 7.73. The zero-order valence-corrected chi connectivity index (χ0v) is 16.7. The Bertz CT molecular complexity index is 925. The Hall–Kier alpha value is -3.07. The van der Waals surface area contributed by atoms with E-state index in [4.69, 9.17) is 4.74 Å². The van der Waals surface area contributed by atoms with Crippen LogP contribution in [0.1, 0.15) is 13.8 Å². The third-order valence-corrected chi connectivity index (χ3v) is 5.57. The first kappa shape index (κ1) is 21.2. The van der Waals surface area contributed by atoms with Gasteiger partial charge < -0.3 is 15.4 Å². The highest BCUT2D eigenvalue weighted by molar-refractivity contribution is 7.92. The number of carbonyl (C=O) groups excluding carboxylic acids is 2. The summed E-state index contributed by atoms with van der Waals surface area (Å²) in [5.74, 6) is -0.109. The summed E-state index contributed by atoms with van der Waals surface area (Å²) < 4.78 is 32.5. The van der Waals surface area contributed by atoms with E-state index in [0.29, 0.717) is 23.7 Å². The number of sulfonamides is 1. The van der Waals surface area contributed by atoms with Crippen molar-refractivity contribution in [1.82, 2.24) is 5.32 Å². The quantitative estimate of drug-likeness (QED) is 0.699. The molecule has 0 unspecified atom stereocenters. The van der Waals surface area contributed by atoms with E-state index >= 15 is 0 Å². The average Bonchev–Trinajstić information content (AvgIpc) is 2.66. The summed E-state index contributed by atoms with van der Waals surface area (Å²) in [4.78, 5) is 23.2. The molecule has 0 fully saturated rings. The van der Waals surface area contributed by atoms with Gasteiger partial charge >= 0.3 is 0 Å². The number of hydrogen-bond acceptors (Lipinski definition) is 5. The summed E-state index contributed by atoms with van der Waals surface area (Å²) in [5.41, 5.74) is 0.809. The molecule has 9 heteroatoms. The van der Waals surface area contributed by atoms with Gasteiger partial charge in [-0.15, -0.1) is 0 Å². The van der Waals surface area contributed by atoms with Gasteiger partial charge in [0.2, 0.25) is 11.8 Å². The van der Waals surface area contributed by atoms with Gasteiger partial charge in [0.15, 0.2) is 0 Å². The molecule has 0 radical (unpaired) electrons. The summed E-state index contributed by atoms with van der Waals surface area (Å²) in [5, 5.41) is 5.19. The van der Waals surface area contributed by atoms with Gasteiger partial charge in [-0.3, -0.25) is 13.9 Å². The van der Waals surface area contributed by atoms with Gasteiger partial charge in [0, 0.05) is 19.2 Å². The Morgan fingerprint density at radius 3 is 2.14 bits per heavy atom. The Kier molecular flexibility index (Phi) is 7.00. The molecule has 0 aromatic heterocycles. The number of amides is 2. The lowest BCUT2D eigenvalue weighted by molar-refractivity contribution is -0.119. The molecule has 0 heterocycles. The monoisotopic (exact) mass is 405 g/mol.